The van der Waals surface area contributed by atoms with Crippen molar-refractivity contribution in [1.29, 1.82) is 0 Å². The van der Waals surface area contributed by atoms with Crippen molar-refractivity contribution in [3.8, 4) is 0 Å². The van der Waals surface area contributed by atoms with E-state index in [1.807, 2.05) is 44.2 Å². The van der Waals surface area contributed by atoms with Crippen molar-refractivity contribution < 1.29 is 13.2 Å². The molecule has 2 aromatic carbocycles. The molecule has 0 aliphatic carbocycles. The Kier molecular flexibility index (Phi) is 6.45. The molecule has 0 atom stereocenters. The number of rotatable bonds is 6. The Morgan fingerprint density at radius 1 is 1.08 bits per heavy atom. The van der Waals surface area contributed by atoms with Gasteiger partial charge in [0, 0.05) is 18.0 Å². The van der Waals surface area contributed by atoms with Gasteiger partial charge in [-0.1, -0.05) is 55.0 Å². The molecule has 0 spiro atoms. The molecule has 0 aromatic heterocycles. The average molecular weight is 376 g/mol. The highest BCUT2D eigenvalue weighted by Crippen LogP contribution is 2.29. The number of carbonyl (C=O) groups excluding carboxylic acids is 1. The number of sulfonamides is 1. The van der Waals surface area contributed by atoms with Crippen LogP contribution in [0.2, 0.25) is 0 Å². The van der Waals surface area contributed by atoms with Crippen molar-refractivity contribution in [2.45, 2.75) is 25.7 Å². The minimum atomic E-state index is -3.94. The van der Waals surface area contributed by atoms with Gasteiger partial charge in [0.1, 0.15) is 0 Å². The fraction of sp³-hybridized carbons (Fsp3) is 0.211. The Balaban J connectivity index is 2.52. The summed E-state index contributed by atoms with van der Waals surface area (Å²) in [5, 5.41) is 0. The van der Waals surface area contributed by atoms with Crippen LogP contribution in [0.15, 0.2) is 65.7 Å². The van der Waals surface area contributed by atoms with E-state index in [0.29, 0.717) is 0 Å². The van der Waals surface area contributed by atoms with E-state index in [9.17, 15) is 13.2 Å². The Bertz CT molecular complexity index is 857. The molecule has 6 heteroatoms. The zero-order valence-corrected chi connectivity index (χ0v) is 16.1. The van der Waals surface area contributed by atoms with Crippen molar-refractivity contribution in [3.05, 3.63) is 71.9 Å². The Morgan fingerprint density at radius 3 is 2.20 bits per heavy atom. The van der Waals surface area contributed by atoms with E-state index in [-0.39, 0.29) is 4.90 Å². The highest BCUT2D eigenvalue weighted by atomic mass is 32.2. The van der Waals surface area contributed by atoms with Crippen LogP contribution in [-0.2, 0) is 14.8 Å². The molecule has 2 rings (SSSR count). The van der Waals surface area contributed by atoms with E-state index in [1.165, 1.54) is 37.0 Å². The van der Waals surface area contributed by atoms with Gasteiger partial charge >= 0.3 is 0 Å². The van der Waals surface area contributed by atoms with Crippen LogP contribution in [-0.4, -0.2) is 24.4 Å². The average Bonchev–Trinajstić information content (AvgIpc) is 2.59. The van der Waals surface area contributed by atoms with Gasteiger partial charge in [-0.3, -0.25) is 4.79 Å². The topological polar surface area (TPSA) is 54.5 Å². The molecule has 0 bridgehead atoms. The lowest BCUT2D eigenvalue weighted by Gasteiger charge is -2.19. The summed E-state index contributed by atoms with van der Waals surface area (Å²) in [4.78, 5) is 12.9. The van der Waals surface area contributed by atoms with E-state index < -0.39 is 15.9 Å². The van der Waals surface area contributed by atoms with Gasteiger partial charge in [0.05, 0.1) is 4.90 Å². The van der Waals surface area contributed by atoms with Crippen LogP contribution in [0, 0.1) is 6.92 Å². The van der Waals surface area contributed by atoms with Crippen molar-refractivity contribution in [1.82, 2.24) is 4.31 Å². The molecule has 0 fully saturated rings. The van der Waals surface area contributed by atoms with Crippen LogP contribution in [0.3, 0.4) is 0 Å². The molecule has 0 aliphatic rings. The summed E-state index contributed by atoms with van der Waals surface area (Å²) in [6.45, 7) is 5.11. The SMILES string of the molecule is CCS/C(=C\N(C(C)=O)S(=O)(=O)c1ccc(C)cc1)c1ccccc1. The third-order valence-corrected chi connectivity index (χ3v) is 6.17. The molecule has 132 valence electrons. The summed E-state index contributed by atoms with van der Waals surface area (Å²) in [6.07, 6.45) is 1.42. The van der Waals surface area contributed by atoms with Gasteiger partial charge in [0.2, 0.25) is 5.91 Å². The number of hydrogen-bond donors (Lipinski definition) is 0. The summed E-state index contributed by atoms with van der Waals surface area (Å²) >= 11 is 1.49. The van der Waals surface area contributed by atoms with Crippen molar-refractivity contribution in [3.63, 3.8) is 0 Å². The van der Waals surface area contributed by atoms with E-state index in [4.69, 9.17) is 0 Å². The largest absolute Gasteiger partial charge is 0.274 e. The molecule has 0 aliphatic heterocycles. The number of nitrogens with zero attached hydrogens (tertiary/aromatic N) is 1. The van der Waals surface area contributed by atoms with Crippen LogP contribution in [0.1, 0.15) is 25.0 Å². The zero-order valence-electron chi connectivity index (χ0n) is 14.5. The second-order valence-electron chi connectivity index (χ2n) is 5.43. The van der Waals surface area contributed by atoms with E-state index in [2.05, 4.69) is 0 Å². The first-order chi connectivity index (χ1) is 11.9. The van der Waals surface area contributed by atoms with Gasteiger partial charge in [0.15, 0.2) is 0 Å². The Labute approximate surface area is 153 Å². The molecule has 0 radical (unpaired) electrons. The monoisotopic (exact) mass is 375 g/mol. The minimum Gasteiger partial charge on any atom is -0.274 e. The predicted octanol–water partition coefficient (Wildman–Crippen LogP) is 4.28. The van der Waals surface area contributed by atoms with Gasteiger partial charge in [-0.2, -0.15) is 0 Å². The lowest BCUT2D eigenvalue weighted by Crippen LogP contribution is -2.30. The van der Waals surface area contributed by atoms with Crippen LogP contribution in [0.25, 0.3) is 4.91 Å². The normalized spacial score (nSPS) is 12.0. The zero-order chi connectivity index (χ0) is 18.4. The maximum Gasteiger partial charge on any atom is 0.270 e. The summed E-state index contributed by atoms with van der Waals surface area (Å²) in [6, 6.07) is 15.9. The highest BCUT2D eigenvalue weighted by molar-refractivity contribution is 8.08. The summed E-state index contributed by atoms with van der Waals surface area (Å²) in [5.41, 5.74) is 1.83. The van der Waals surface area contributed by atoms with Crippen LogP contribution in [0.4, 0.5) is 0 Å². The number of aryl methyl sites for hydroxylation is 1. The second kappa shape index (κ2) is 8.36. The number of thioether (sulfide) groups is 1. The first-order valence-electron chi connectivity index (χ1n) is 7.88. The summed E-state index contributed by atoms with van der Waals surface area (Å²) in [7, 11) is -3.94. The maximum atomic E-state index is 12.9. The molecular formula is C19H21NO3S2. The molecule has 0 saturated carbocycles. The van der Waals surface area contributed by atoms with Gasteiger partial charge < -0.3 is 0 Å². The highest BCUT2D eigenvalue weighted by Gasteiger charge is 2.26. The standard InChI is InChI=1S/C19H21NO3S2/c1-4-24-19(17-8-6-5-7-9-17)14-20(16(3)21)25(22,23)18-12-10-15(2)11-13-18/h5-14H,4H2,1-3H3/b19-14-. The molecule has 4 nitrogen and oxygen atoms in total. The first kappa shape index (κ1) is 19.3. The molecule has 0 N–H and O–H groups in total. The van der Waals surface area contributed by atoms with E-state index >= 15 is 0 Å². The number of carbonyl (C=O) groups is 1. The molecule has 25 heavy (non-hydrogen) atoms. The van der Waals surface area contributed by atoms with E-state index in [1.54, 1.807) is 12.1 Å². The lowest BCUT2D eigenvalue weighted by molar-refractivity contribution is -0.122. The summed E-state index contributed by atoms with van der Waals surface area (Å²) < 4.78 is 26.6. The lowest BCUT2D eigenvalue weighted by atomic mass is 10.2. The molecule has 0 heterocycles. The quantitative estimate of drug-likeness (QED) is 0.756. The Morgan fingerprint density at radius 2 is 1.68 bits per heavy atom. The van der Waals surface area contributed by atoms with Gasteiger partial charge in [-0.15, -0.1) is 11.8 Å². The molecule has 0 unspecified atom stereocenters. The van der Waals surface area contributed by atoms with Gasteiger partial charge in [-0.05, 0) is 30.4 Å². The molecule has 2 aromatic rings. The van der Waals surface area contributed by atoms with E-state index in [0.717, 1.165) is 26.1 Å². The van der Waals surface area contributed by atoms with Crippen molar-refractivity contribution in [2.24, 2.45) is 0 Å². The van der Waals surface area contributed by atoms with Gasteiger partial charge in [-0.25, -0.2) is 12.7 Å². The second-order valence-corrected chi connectivity index (χ2v) is 8.55. The first-order valence-corrected chi connectivity index (χ1v) is 10.3. The Hall–Kier alpha value is -2.05. The third-order valence-electron chi connectivity index (χ3n) is 3.48. The minimum absolute atomic E-state index is 0.0958. The molecule has 1 amide bonds. The number of hydrogen-bond acceptors (Lipinski definition) is 4. The van der Waals surface area contributed by atoms with Gasteiger partial charge in [0.25, 0.3) is 10.0 Å². The number of amides is 1. The predicted molar refractivity (Wildman–Crippen MR) is 103 cm³/mol. The summed E-state index contributed by atoms with van der Waals surface area (Å²) in [5.74, 6) is 0.211. The van der Waals surface area contributed by atoms with Crippen LogP contribution in [0.5, 0.6) is 0 Å². The molecular weight excluding hydrogens is 354 g/mol. The van der Waals surface area contributed by atoms with Crippen molar-refractivity contribution in [2.75, 3.05) is 5.75 Å². The van der Waals surface area contributed by atoms with Crippen LogP contribution < -0.4 is 0 Å². The third kappa shape index (κ3) is 4.74. The smallest absolute Gasteiger partial charge is 0.270 e. The fourth-order valence-corrected chi connectivity index (χ4v) is 4.36. The fourth-order valence-electron chi connectivity index (χ4n) is 2.21. The molecule has 0 saturated heterocycles. The maximum absolute atomic E-state index is 12.9. The van der Waals surface area contributed by atoms with Crippen molar-refractivity contribution >= 4 is 32.6 Å². The number of benzene rings is 2. The van der Waals surface area contributed by atoms with Crippen LogP contribution >= 0.6 is 11.8 Å².